The maximum atomic E-state index is 11.8. The lowest BCUT2D eigenvalue weighted by atomic mass is 10.2. The largest absolute Gasteiger partial charge is 0.481 e. The molecule has 0 saturated carbocycles. The van der Waals surface area contributed by atoms with Crippen molar-refractivity contribution in [2.75, 3.05) is 13.6 Å². The number of nitrogens with one attached hydrogen (secondary N) is 1. The number of urea groups is 1. The lowest BCUT2D eigenvalue weighted by Crippen LogP contribution is -2.37. The summed E-state index contributed by atoms with van der Waals surface area (Å²) in [7, 11) is 1.63. The Bertz CT molecular complexity index is 436. The molecule has 2 N–H and O–H groups in total. The van der Waals surface area contributed by atoms with Gasteiger partial charge in [-0.1, -0.05) is 5.16 Å². The van der Waals surface area contributed by atoms with Crippen LogP contribution in [-0.4, -0.2) is 40.8 Å². The van der Waals surface area contributed by atoms with Gasteiger partial charge in [0.2, 0.25) is 0 Å². The summed E-state index contributed by atoms with van der Waals surface area (Å²) in [4.78, 5) is 23.6. The van der Waals surface area contributed by atoms with E-state index in [1.807, 2.05) is 6.92 Å². The van der Waals surface area contributed by atoms with Crippen LogP contribution in [0.4, 0.5) is 4.79 Å². The Morgan fingerprint density at radius 1 is 1.42 bits per heavy atom. The first-order valence-corrected chi connectivity index (χ1v) is 6.04. The van der Waals surface area contributed by atoms with E-state index >= 15 is 0 Å². The molecule has 0 bridgehead atoms. The molecule has 0 aromatic carbocycles. The van der Waals surface area contributed by atoms with Gasteiger partial charge in [0.15, 0.2) is 0 Å². The first-order chi connectivity index (χ1) is 8.91. The van der Waals surface area contributed by atoms with E-state index in [1.165, 1.54) is 4.90 Å². The Hall–Kier alpha value is -2.05. The summed E-state index contributed by atoms with van der Waals surface area (Å²) < 4.78 is 5.00. The quantitative estimate of drug-likeness (QED) is 0.811. The Morgan fingerprint density at radius 2 is 2.11 bits per heavy atom. The number of carbonyl (C=O) groups excluding carboxylic acids is 1. The molecule has 0 spiro atoms. The first kappa shape index (κ1) is 15.0. The fraction of sp³-hybridized carbons (Fsp3) is 0.583. The van der Waals surface area contributed by atoms with Gasteiger partial charge >= 0.3 is 12.0 Å². The topological polar surface area (TPSA) is 95.7 Å². The zero-order valence-electron chi connectivity index (χ0n) is 11.4. The van der Waals surface area contributed by atoms with Gasteiger partial charge in [0.25, 0.3) is 0 Å². The number of aromatic nitrogens is 1. The number of carboxylic acids is 1. The van der Waals surface area contributed by atoms with Crippen molar-refractivity contribution >= 4 is 12.0 Å². The molecule has 0 radical (unpaired) electrons. The highest BCUT2D eigenvalue weighted by atomic mass is 16.5. The predicted octanol–water partition coefficient (Wildman–Crippen LogP) is 1.30. The van der Waals surface area contributed by atoms with Crippen LogP contribution in [0.1, 0.15) is 29.9 Å². The molecule has 7 nitrogen and oxygen atoms in total. The lowest BCUT2D eigenvalue weighted by Gasteiger charge is -2.17. The van der Waals surface area contributed by atoms with Crippen LogP contribution in [0.25, 0.3) is 0 Å². The van der Waals surface area contributed by atoms with Crippen LogP contribution in [-0.2, 0) is 11.3 Å². The van der Waals surface area contributed by atoms with Crippen molar-refractivity contribution in [3.63, 3.8) is 0 Å². The second-order valence-electron chi connectivity index (χ2n) is 4.38. The van der Waals surface area contributed by atoms with Gasteiger partial charge in [-0.05, 0) is 20.3 Å². The van der Waals surface area contributed by atoms with E-state index in [1.54, 1.807) is 14.0 Å². The van der Waals surface area contributed by atoms with E-state index in [2.05, 4.69) is 10.5 Å². The summed E-state index contributed by atoms with van der Waals surface area (Å²) in [5, 5.41) is 15.1. The summed E-state index contributed by atoms with van der Waals surface area (Å²) in [6, 6.07) is -0.245. The van der Waals surface area contributed by atoms with Crippen molar-refractivity contribution < 1.29 is 19.2 Å². The standard InChI is InChI=1S/C12H19N3O4/c1-8-10(9(2)19-14-8)7-13-12(18)15(3)6-4-5-11(16)17/h4-7H2,1-3H3,(H,13,18)(H,16,17). The molecule has 0 fully saturated rings. The van der Waals surface area contributed by atoms with Gasteiger partial charge in [0, 0.05) is 32.1 Å². The van der Waals surface area contributed by atoms with Crippen LogP contribution in [0, 0.1) is 13.8 Å². The molecule has 106 valence electrons. The van der Waals surface area contributed by atoms with Crippen LogP contribution in [0.15, 0.2) is 4.52 Å². The van der Waals surface area contributed by atoms with Crippen molar-refractivity contribution in [1.29, 1.82) is 0 Å². The number of carbonyl (C=O) groups is 2. The van der Waals surface area contributed by atoms with Crippen molar-refractivity contribution in [1.82, 2.24) is 15.4 Å². The van der Waals surface area contributed by atoms with Gasteiger partial charge in [0.1, 0.15) is 5.76 Å². The van der Waals surface area contributed by atoms with Gasteiger partial charge in [-0.15, -0.1) is 0 Å². The van der Waals surface area contributed by atoms with Gasteiger partial charge in [-0.3, -0.25) is 4.79 Å². The molecule has 0 aliphatic rings. The molecule has 1 aromatic heterocycles. The van der Waals surface area contributed by atoms with Crippen LogP contribution < -0.4 is 5.32 Å². The van der Waals surface area contributed by atoms with Gasteiger partial charge in [0.05, 0.1) is 5.69 Å². The van der Waals surface area contributed by atoms with E-state index in [0.29, 0.717) is 25.3 Å². The van der Waals surface area contributed by atoms with Gasteiger partial charge in [-0.2, -0.15) is 0 Å². The Labute approximate surface area is 111 Å². The van der Waals surface area contributed by atoms with Crippen LogP contribution in [0.3, 0.4) is 0 Å². The summed E-state index contributed by atoms with van der Waals surface area (Å²) in [5.41, 5.74) is 1.62. The molecular weight excluding hydrogens is 250 g/mol. The third-order valence-electron chi connectivity index (χ3n) is 2.83. The number of aryl methyl sites for hydroxylation is 2. The molecule has 1 aromatic rings. The maximum Gasteiger partial charge on any atom is 0.317 e. The second-order valence-corrected chi connectivity index (χ2v) is 4.38. The maximum absolute atomic E-state index is 11.8. The number of hydrogen-bond donors (Lipinski definition) is 2. The molecule has 7 heteroatoms. The van der Waals surface area contributed by atoms with Crippen molar-refractivity contribution in [2.45, 2.75) is 33.2 Å². The molecule has 0 unspecified atom stereocenters. The molecule has 2 amide bonds. The summed E-state index contributed by atoms with van der Waals surface area (Å²) in [6.45, 7) is 4.36. The molecule has 0 aliphatic carbocycles. The number of hydrogen-bond acceptors (Lipinski definition) is 4. The molecule has 0 atom stereocenters. The third kappa shape index (κ3) is 4.61. The second kappa shape index (κ2) is 6.77. The molecule has 1 heterocycles. The van der Waals surface area contributed by atoms with E-state index in [4.69, 9.17) is 9.63 Å². The highest BCUT2D eigenvalue weighted by Crippen LogP contribution is 2.11. The average molecular weight is 269 g/mol. The molecule has 0 aliphatic heterocycles. The molecule has 19 heavy (non-hydrogen) atoms. The van der Waals surface area contributed by atoms with Crippen LogP contribution in [0.5, 0.6) is 0 Å². The highest BCUT2D eigenvalue weighted by Gasteiger charge is 2.12. The first-order valence-electron chi connectivity index (χ1n) is 6.04. The molecular formula is C12H19N3O4. The summed E-state index contributed by atoms with van der Waals surface area (Å²) in [6.07, 6.45) is 0.492. The third-order valence-corrected chi connectivity index (χ3v) is 2.83. The number of amides is 2. The summed E-state index contributed by atoms with van der Waals surface area (Å²) in [5.74, 6) is -0.171. The minimum absolute atomic E-state index is 0.0570. The smallest absolute Gasteiger partial charge is 0.317 e. The fourth-order valence-electron chi connectivity index (χ4n) is 1.62. The minimum atomic E-state index is -0.857. The average Bonchev–Trinajstić information content (AvgIpc) is 2.65. The van der Waals surface area contributed by atoms with Gasteiger partial charge < -0.3 is 19.8 Å². The predicted molar refractivity (Wildman–Crippen MR) is 67.7 cm³/mol. The Balaban J connectivity index is 2.36. The molecule has 1 rings (SSSR count). The lowest BCUT2D eigenvalue weighted by molar-refractivity contribution is -0.137. The van der Waals surface area contributed by atoms with Crippen molar-refractivity contribution in [3.8, 4) is 0 Å². The monoisotopic (exact) mass is 269 g/mol. The highest BCUT2D eigenvalue weighted by molar-refractivity contribution is 5.74. The van der Waals surface area contributed by atoms with Crippen LogP contribution in [0.2, 0.25) is 0 Å². The minimum Gasteiger partial charge on any atom is -0.481 e. The van der Waals surface area contributed by atoms with E-state index in [-0.39, 0.29) is 12.5 Å². The number of aliphatic carboxylic acids is 1. The van der Waals surface area contributed by atoms with Crippen LogP contribution >= 0.6 is 0 Å². The normalized spacial score (nSPS) is 10.3. The number of nitrogens with zero attached hydrogens (tertiary/aromatic N) is 2. The van der Waals surface area contributed by atoms with E-state index < -0.39 is 5.97 Å². The van der Waals surface area contributed by atoms with E-state index in [9.17, 15) is 9.59 Å². The van der Waals surface area contributed by atoms with Gasteiger partial charge in [-0.25, -0.2) is 4.79 Å². The fourth-order valence-corrected chi connectivity index (χ4v) is 1.62. The van der Waals surface area contributed by atoms with Crippen molar-refractivity contribution in [2.24, 2.45) is 0 Å². The zero-order valence-corrected chi connectivity index (χ0v) is 11.4. The summed E-state index contributed by atoms with van der Waals surface area (Å²) >= 11 is 0. The SMILES string of the molecule is Cc1noc(C)c1CNC(=O)N(C)CCCC(=O)O. The zero-order chi connectivity index (χ0) is 14.4. The van der Waals surface area contributed by atoms with E-state index in [0.717, 1.165) is 11.3 Å². The Morgan fingerprint density at radius 3 is 2.63 bits per heavy atom. The Kier molecular flexibility index (Phi) is 5.35. The number of rotatable bonds is 6. The number of carboxylic acid groups (broad SMARTS) is 1. The molecule has 0 saturated heterocycles. The van der Waals surface area contributed by atoms with Crippen molar-refractivity contribution in [3.05, 3.63) is 17.0 Å².